The van der Waals surface area contributed by atoms with E-state index in [-0.39, 0.29) is 23.8 Å². The number of hydrogen-bond acceptors (Lipinski definition) is 3. The SMILES string of the molecule is CC(C)NC(=O)N(CCN1CCN(C(=O)/C=C/c2ccccc2)CC1)Cc1ccc(F)cc1. The van der Waals surface area contributed by atoms with Gasteiger partial charge in [-0.05, 0) is 43.2 Å². The number of rotatable bonds is 8. The molecule has 1 aliphatic heterocycles. The number of carbonyl (C=O) groups is 2. The fourth-order valence-corrected chi connectivity index (χ4v) is 3.69. The standard InChI is InChI=1S/C26H33FN4O2/c1-21(2)28-26(33)31(20-23-8-11-24(27)12-9-23)19-16-29-14-17-30(18-15-29)25(32)13-10-22-6-4-3-5-7-22/h3-13,21H,14-20H2,1-2H3,(H,28,33)/b13-10+. The van der Waals surface area contributed by atoms with Crippen LogP contribution in [0.4, 0.5) is 9.18 Å². The van der Waals surface area contributed by atoms with E-state index in [0.717, 1.165) is 24.2 Å². The van der Waals surface area contributed by atoms with E-state index in [4.69, 9.17) is 0 Å². The van der Waals surface area contributed by atoms with Crippen LogP contribution in [0.25, 0.3) is 6.08 Å². The van der Waals surface area contributed by atoms with Gasteiger partial charge in [0.15, 0.2) is 0 Å². The second-order valence-electron chi connectivity index (χ2n) is 8.56. The van der Waals surface area contributed by atoms with Crippen LogP contribution in [0.5, 0.6) is 0 Å². The van der Waals surface area contributed by atoms with Gasteiger partial charge in [-0.2, -0.15) is 0 Å². The molecular weight excluding hydrogens is 419 g/mol. The van der Waals surface area contributed by atoms with Crippen molar-refractivity contribution in [2.24, 2.45) is 0 Å². The average molecular weight is 453 g/mol. The highest BCUT2D eigenvalue weighted by atomic mass is 19.1. The van der Waals surface area contributed by atoms with E-state index in [0.29, 0.717) is 32.7 Å². The van der Waals surface area contributed by atoms with Crippen LogP contribution < -0.4 is 5.32 Å². The molecule has 7 heteroatoms. The maximum absolute atomic E-state index is 13.2. The third kappa shape index (κ3) is 8.02. The van der Waals surface area contributed by atoms with Crippen LogP contribution in [0.15, 0.2) is 60.7 Å². The number of urea groups is 1. The van der Waals surface area contributed by atoms with Gasteiger partial charge >= 0.3 is 6.03 Å². The van der Waals surface area contributed by atoms with Crippen molar-refractivity contribution in [1.29, 1.82) is 0 Å². The molecule has 2 aromatic rings. The summed E-state index contributed by atoms with van der Waals surface area (Å²) in [4.78, 5) is 31.1. The summed E-state index contributed by atoms with van der Waals surface area (Å²) in [6.45, 7) is 8.39. The molecule has 1 heterocycles. The van der Waals surface area contributed by atoms with Crippen molar-refractivity contribution < 1.29 is 14.0 Å². The normalized spacial score (nSPS) is 14.6. The van der Waals surface area contributed by atoms with Gasteiger partial charge in [-0.15, -0.1) is 0 Å². The molecule has 0 atom stereocenters. The van der Waals surface area contributed by atoms with Crippen molar-refractivity contribution in [2.75, 3.05) is 39.3 Å². The van der Waals surface area contributed by atoms with Crippen molar-refractivity contribution in [3.63, 3.8) is 0 Å². The molecule has 2 aromatic carbocycles. The van der Waals surface area contributed by atoms with E-state index < -0.39 is 0 Å². The molecule has 0 unspecified atom stereocenters. The van der Waals surface area contributed by atoms with Gasteiger partial charge in [0.1, 0.15) is 5.82 Å². The number of hydrogen-bond donors (Lipinski definition) is 1. The van der Waals surface area contributed by atoms with Gasteiger partial charge in [-0.1, -0.05) is 42.5 Å². The Balaban J connectivity index is 1.49. The molecule has 0 saturated carbocycles. The molecule has 33 heavy (non-hydrogen) atoms. The number of amides is 3. The predicted octanol–water partition coefficient (Wildman–Crippen LogP) is 3.60. The lowest BCUT2D eigenvalue weighted by Gasteiger charge is -2.35. The van der Waals surface area contributed by atoms with Crippen molar-refractivity contribution in [3.05, 3.63) is 77.6 Å². The Labute approximate surface area is 195 Å². The second-order valence-corrected chi connectivity index (χ2v) is 8.56. The lowest BCUT2D eigenvalue weighted by atomic mass is 10.2. The number of carbonyl (C=O) groups excluding carboxylic acids is 2. The Morgan fingerprint density at radius 2 is 1.70 bits per heavy atom. The van der Waals surface area contributed by atoms with Crippen molar-refractivity contribution in [2.45, 2.75) is 26.4 Å². The summed E-state index contributed by atoms with van der Waals surface area (Å²) in [5, 5.41) is 2.95. The van der Waals surface area contributed by atoms with Gasteiger partial charge in [0.2, 0.25) is 5.91 Å². The van der Waals surface area contributed by atoms with Crippen LogP contribution >= 0.6 is 0 Å². The molecule has 3 rings (SSSR count). The first kappa shape index (κ1) is 24.5. The zero-order valence-corrected chi connectivity index (χ0v) is 19.4. The van der Waals surface area contributed by atoms with E-state index >= 15 is 0 Å². The topological polar surface area (TPSA) is 55.9 Å². The summed E-state index contributed by atoms with van der Waals surface area (Å²) < 4.78 is 13.2. The molecule has 0 spiro atoms. The monoisotopic (exact) mass is 452 g/mol. The number of piperazine rings is 1. The van der Waals surface area contributed by atoms with Crippen LogP contribution in [-0.4, -0.2) is 71.9 Å². The Morgan fingerprint density at radius 1 is 1.03 bits per heavy atom. The van der Waals surface area contributed by atoms with E-state index in [1.165, 1.54) is 12.1 Å². The van der Waals surface area contributed by atoms with Gasteiger partial charge in [-0.3, -0.25) is 9.69 Å². The van der Waals surface area contributed by atoms with E-state index in [2.05, 4.69) is 10.2 Å². The molecule has 1 aliphatic rings. The first-order valence-electron chi connectivity index (χ1n) is 11.4. The van der Waals surface area contributed by atoms with Crippen LogP contribution in [0.3, 0.4) is 0 Å². The van der Waals surface area contributed by atoms with E-state index in [1.54, 1.807) is 23.1 Å². The molecule has 0 bridgehead atoms. The highest BCUT2D eigenvalue weighted by molar-refractivity contribution is 5.91. The van der Waals surface area contributed by atoms with Crippen molar-refractivity contribution >= 4 is 18.0 Å². The number of nitrogens with one attached hydrogen (secondary N) is 1. The minimum atomic E-state index is -0.289. The molecule has 176 valence electrons. The summed E-state index contributed by atoms with van der Waals surface area (Å²) in [5.41, 5.74) is 1.89. The van der Waals surface area contributed by atoms with Crippen molar-refractivity contribution in [1.82, 2.24) is 20.0 Å². The lowest BCUT2D eigenvalue weighted by molar-refractivity contribution is -0.127. The first-order valence-corrected chi connectivity index (χ1v) is 11.4. The Morgan fingerprint density at radius 3 is 2.33 bits per heavy atom. The summed E-state index contributed by atoms with van der Waals surface area (Å²) in [6.07, 6.45) is 3.47. The maximum atomic E-state index is 13.2. The lowest BCUT2D eigenvalue weighted by Crippen LogP contribution is -2.51. The molecule has 0 aliphatic carbocycles. The van der Waals surface area contributed by atoms with Crippen molar-refractivity contribution in [3.8, 4) is 0 Å². The zero-order valence-electron chi connectivity index (χ0n) is 19.4. The smallest absolute Gasteiger partial charge is 0.317 e. The average Bonchev–Trinajstić information content (AvgIpc) is 2.82. The number of nitrogens with zero attached hydrogens (tertiary/aromatic N) is 3. The quantitative estimate of drug-likeness (QED) is 0.623. The Kier molecular flexibility index (Phi) is 9.01. The van der Waals surface area contributed by atoms with Gasteiger partial charge in [0, 0.05) is 57.9 Å². The summed E-state index contributed by atoms with van der Waals surface area (Å²) in [7, 11) is 0. The molecule has 6 nitrogen and oxygen atoms in total. The van der Waals surface area contributed by atoms with E-state index in [1.807, 2.05) is 55.2 Å². The van der Waals surface area contributed by atoms with Crippen LogP contribution in [0, 0.1) is 5.82 Å². The minimum Gasteiger partial charge on any atom is -0.337 e. The van der Waals surface area contributed by atoms with Crippen LogP contribution in [-0.2, 0) is 11.3 Å². The number of halogens is 1. The number of benzene rings is 2. The predicted molar refractivity (Wildman–Crippen MR) is 129 cm³/mol. The third-order valence-electron chi connectivity index (χ3n) is 5.57. The summed E-state index contributed by atoms with van der Waals surface area (Å²) in [6, 6.07) is 15.9. The zero-order chi connectivity index (χ0) is 23.6. The first-order chi connectivity index (χ1) is 15.9. The molecule has 1 N–H and O–H groups in total. The molecule has 0 aromatic heterocycles. The maximum Gasteiger partial charge on any atom is 0.317 e. The van der Waals surface area contributed by atoms with Gasteiger partial charge in [0.05, 0.1) is 0 Å². The molecule has 1 fully saturated rings. The second kappa shape index (κ2) is 12.2. The van der Waals surface area contributed by atoms with Gasteiger partial charge in [-0.25, -0.2) is 9.18 Å². The third-order valence-corrected chi connectivity index (χ3v) is 5.57. The largest absolute Gasteiger partial charge is 0.337 e. The molecule has 0 radical (unpaired) electrons. The van der Waals surface area contributed by atoms with Crippen LogP contribution in [0.2, 0.25) is 0 Å². The fraction of sp³-hybridized carbons (Fsp3) is 0.385. The van der Waals surface area contributed by atoms with Gasteiger partial charge < -0.3 is 15.1 Å². The molecular formula is C26H33FN4O2. The summed E-state index contributed by atoms with van der Waals surface area (Å²) >= 11 is 0. The molecule has 1 saturated heterocycles. The van der Waals surface area contributed by atoms with E-state index in [9.17, 15) is 14.0 Å². The fourth-order valence-electron chi connectivity index (χ4n) is 3.69. The summed E-state index contributed by atoms with van der Waals surface area (Å²) in [5.74, 6) is -0.268. The Bertz CT molecular complexity index is 923. The molecule has 3 amide bonds. The Hall–Kier alpha value is -3.19. The minimum absolute atomic E-state index is 0.0211. The highest BCUT2D eigenvalue weighted by Gasteiger charge is 2.21. The highest BCUT2D eigenvalue weighted by Crippen LogP contribution is 2.10. The van der Waals surface area contributed by atoms with Gasteiger partial charge in [0.25, 0.3) is 0 Å². The van der Waals surface area contributed by atoms with Crippen LogP contribution in [0.1, 0.15) is 25.0 Å².